The molecule has 1 aromatic rings. The van der Waals surface area contributed by atoms with E-state index < -0.39 is 15.8 Å². The number of sulfonamides is 1. The van der Waals surface area contributed by atoms with Crippen molar-refractivity contribution < 1.29 is 12.8 Å². The number of halogens is 1. The summed E-state index contributed by atoms with van der Waals surface area (Å²) in [6.45, 7) is 1.07. The minimum absolute atomic E-state index is 0.00477. The molecule has 0 aliphatic carbocycles. The van der Waals surface area contributed by atoms with Gasteiger partial charge in [-0.2, -0.15) is 4.31 Å². The van der Waals surface area contributed by atoms with Crippen LogP contribution in [0.15, 0.2) is 23.1 Å². The van der Waals surface area contributed by atoms with E-state index in [9.17, 15) is 12.8 Å². The van der Waals surface area contributed by atoms with Gasteiger partial charge in [-0.3, -0.25) is 0 Å². The zero-order valence-electron chi connectivity index (χ0n) is 11.5. The fraction of sp³-hybridized carbons (Fsp3) is 0.571. The Balaban J connectivity index is 2.28. The maximum Gasteiger partial charge on any atom is 0.243 e. The number of hydrogen-bond acceptors (Lipinski definition) is 3. The van der Waals surface area contributed by atoms with Gasteiger partial charge in [0.25, 0.3) is 0 Å². The first-order valence-corrected chi connectivity index (χ1v) is 8.48. The number of nitrogens with two attached hydrogens (primary N) is 1. The minimum Gasteiger partial charge on any atom is -0.326 e. The first-order valence-electron chi connectivity index (χ1n) is 7.04. The second-order valence-corrected chi connectivity index (χ2v) is 7.07. The Kier molecular flexibility index (Phi) is 5.12. The number of nitrogens with zero attached hydrogens (tertiary/aromatic N) is 1. The zero-order valence-corrected chi connectivity index (χ0v) is 12.3. The first kappa shape index (κ1) is 15.4. The van der Waals surface area contributed by atoms with Gasteiger partial charge in [0.2, 0.25) is 10.0 Å². The molecule has 0 radical (unpaired) electrons. The van der Waals surface area contributed by atoms with Crippen LogP contribution in [0.1, 0.15) is 37.7 Å². The van der Waals surface area contributed by atoms with Crippen LogP contribution in [0.4, 0.5) is 4.39 Å². The molecule has 112 valence electrons. The van der Waals surface area contributed by atoms with Gasteiger partial charge in [-0.25, -0.2) is 12.8 Å². The molecule has 0 aromatic heterocycles. The lowest BCUT2D eigenvalue weighted by molar-refractivity contribution is 0.364. The molecule has 1 saturated heterocycles. The lowest BCUT2D eigenvalue weighted by Crippen LogP contribution is -2.34. The molecule has 1 aliphatic heterocycles. The van der Waals surface area contributed by atoms with Gasteiger partial charge in [0, 0.05) is 25.2 Å². The van der Waals surface area contributed by atoms with E-state index in [2.05, 4.69) is 0 Å². The molecule has 1 aromatic carbocycles. The summed E-state index contributed by atoms with van der Waals surface area (Å²) in [5, 5.41) is 0. The Labute approximate surface area is 119 Å². The van der Waals surface area contributed by atoms with Crippen LogP contribution < -0.4 is 5.73 Å². The van der Waals surface area contributed by atoms with Crippen LogP contribution >= 0.6 is 0 Å². The van der Waals surface area contributed by atoms with Gasteiger partial charge in [-0.05, 0) is 31.0 Å². The lowest BCUT2D eigenvalue weighted by atomic mass is 10.1. The molecule has 1 aliphatic rings. The van der Waals surface area contributed by atoms with E-state index in [1.165, 1.54) is 28.9 Å². The molecule has 2 N–H and O–H groups in total. The van der Waals surface area contributed by atoms with Crippen LogP contribution in [0, 0.1) is 5.82 Å². The van der Waals surface area contributed by atoms with Gasteiger partial charge in [-0.1, -0.05) is 19.3 Å². The van der Waals surface area contributed by atoms with Crippen molar-refractivity contribution >= 4 is 10.0 Å². The smallest absolute Gasteiger partial charge is 0.243 e. The molecule has 0 unspecified atom stereocenters. The van der Waals surface area contributed by atoms with Crippen LogP contribution in [-0.2, 0) is 16.6 Å². The van der Waals surface area contributed by atoms with Gasteiger partial charge in [0.05, 0.1) is 4.90 Å². The molecule has 0 atom stereocenters. The molecule has 0 bridgehead atoms. The van der Waals surface area contributed by atoms with Gasteiger partial charge < -0.3 is 5.73 Å². The predicted octanol–water partition coefficient (Wildman–Crippen LogP) is 2.24. The van der Waals surface area contributed by atoms with Crippen LogP contribution in [0.3, 0.4) is 0 Å². The topological polar surface area (TPSA) is 63.4 Å². The van der Waals surface area contributed by atoms with Gasteiger partial charge >= 0.3 is 0 Å². The highest BCUT2D eigenvalue weighted by Gasteiger charge is 2.25. The highest BCUT2D eigenvalue weighted by Crippen LogP contribution is 2.22. The Morgan fingerprint density at radius 1 is 1.10 bits per heavy atom. The monoisotopic (exact) mass is 300 g/mol. The summed E-state index contributed by atoms with van der Waals surface area (Å²) in [7, 11) is -3.54. The molecule has 1 heterocycles. The Morgan fingerprint density at radius 3 is 2.30 bits per heavy atom. The molecule has 0 saturated carbocycles. The van der Waals surface area contributed by atoms with Crippen molar-refractivity contribution in [2.75, 3.05) is 13.1 Å². The van der Waals surface area contributed by atoms with Crippen molar-refractivity contribution in [3.63, 3.8) is 0 Å². The summed E-state index contributed by atoms with van der Waals surface area (Å²) in [6, 6.07) is 3.85. The maximum absolute atomic E-state index is 13.4. The number of hydrogen-bond donors (Lipinski definition) is 1. The summed E-state index contributed by atoms with van der Waals surface area (Å²) in [5.41, 5.74) is 5.67. The highest BCUT2D eigenvalue weighted by atomic mass is 32.2. The van der Waals surface area contributed by atoms with Crippen molar-refractivity contribution in [3.8, 4) is 0 Å². The highest BCUT2D eigenvalue weighted by molar-refractivity contribution is 7.89. The summed E-state index contributed by atoms with van der Waals surface area (Å²) in [6.07, 6.45) is 5.04. The second kappa shape index (κ2) is 6.65. The van der Waals surface area contributed by atoms with E-state index in [1.807, 2.05) is 0 Å². The normalized spacial score (nSPS) is 18.5. The van der Waals surface area contributed by atoms with Gasteiger partial charge in [-0.15, -0.1) is 0 Å². The summed E-state index contributed by atoms with van der Waals surface area (Å²) >= 11 is 0. The quantitative estimate of drug-likeness (QED) is 0.931. The van der Waals surface area contributed by atoms with E-state index >= 15 is 0 Å². The summed E-state index contributed by atoms with van der Waals surface area (Å²) < 4.78 is 40.1. The first-order chi connectivity index (χ1) is 9.55. The van der Waals surface area contributed by atoms with E-state index in [0.717, 1.165) is 25.7 Å². The van der Waals surface area contributed by atoms with Crippen molar-refractivity contribution in [1.82, 2.24) is 4.31 Å². The fourth-order valence-corrected chi connectivity index (χ4v) is 4.04. The molecule has 2 rings (SSSR count). The van der Waals surface area contributed by atoms with Gasteiger partial charge in [0.15, 0.2) is 0 Å². The van der Waals surface area contributed by atoms with Crippen LogP contribution in [0.2, 0.25) is 0 Å². The third kappa shape index (κ3) is 3.37. The Bertz CT molecular complexity index is 552. The molecule has 1 fully saturated rings. The predicted molar refractivity (Wildman–Crippen MR) is 76.1 cm³/mol. The van der Waals surface area contributed by atoms with Gasteiger partial charge in [0.1, 0.15) is 5.82 Å². The van der Waals surface area contributed by atoms with Crippen molar-refractivity contribution in [3.05, 3.63) is 29.6 Å². The molecule has 6 heteroatoms. The van der Waals surface area contributed by atoms with E-state index in [0.29, 0.717) is 13.1 Å². The Hall–Kier alpha value is -0.980. The SMILES string of the molecule is NCc1cc(S(=O)(=O)N2CCCCCCC2)ccc1F. The lowest BCUT2D eigenvalue weighted by Gasteiger charge is -2.24. The second-order valence-electron chi connectivity index (χ2n) is 5.13. The average Bonchev–Trinajstić information content (AvgIpc) is 2.38. The standard InChI is InChI=1S/C14H21FN2O2S/c15-14-7-6-13(10-12(14)11-16)20(18,19)17-8-4-2-1-3-5-9-17/h6-7,10H,1-5,8-9,11,16H2. The number of rotatable bonds is 3. The van der Waals surface area contributed by atoms with Crippen molar-refractivity contribution in [2.45, 2.75) is 43.5 Å². The van der Waals surface area contributed by atoms with Crippen molar-refractivity contribution in [1.29, 1.82) is 0 Å². The Morgan fingerprint density at radius 2 is 1.70 bits per heavy atom. The molecule has 20 heavy (non-hydrogen) atoms. The number of benzene rings is 1. The van der Waals surface area contributed by atoms with Crippen LogP contribution in [-0.4, -0.2) is 25.8 Å². The minimum atomic E-state index is -3.54. The molecular weight excluding hydrogens is 279 g/mol. The summed E-state index contributed by atoms with van der Waals surface area (Å²) in [4.78, 5) is 0.139. The molecule has 0 spiro atoms. The third-order valence-corrected chi connectivity index (χ3v) is 5.58. The summed E-state index contributed by atoms with van der Waals surface area (Å²) in [5.74, 6) is -0.459. The van der Waals surface area contributed by atoms with Crippen molar-refractivity contribution in [2.24, 2.45) is 5.73 Å². The molecular formula is C14H21FN2O2S. The van der Waals surface area contributed by atoms with E-state index in [-0.39, 0.29) is 17.0 Å². The zero-order chi connectivity index (χ0) is 14.6. The fourth-order valence-electron chi connectivity index (χ4n) is 2.48. The third-order valence-electron chi connectivity index (χ3n) is 3.69. The molecule has 4 nitrogen and oxygen atoms in total. The van der Waals surface area contributed by atoms with Crippen LogP contribution in [0.25, 0.3) is 0 Å². The average molecular weight is 300 g/mol. The van der Waals surface area contributed by atoms with Crippen LogP contribution in [0.5, 0.6) is 0 Å². The maximum atomic E-state index is 13.4. The van der Waals surface area contributed by atoms with E-state index in [4.69, 9.17) is 5.73 Å². The van der Waals surface area contributed by atoms with E-state index in [1.54, 1.807) is 0 Å². The largest absolute Gasteiger partial charge is 0.326 e. The molecule has 0 amide bonds.